The Labute approximate surface area is 325 Å². The Bertz CT molecular complexity index is 1650. The van der Waals surface area contributed by atoms with Gasteiger partial charge in [-0.25, -0.2) is 9.78 Å². The van der Waals surface area contributed by atoms with Gasteiger partial charge in [-0.05, 0) is 25.7 Å². The predicted molar refractivity (Wildman–Crippen MR) is 194 cm³/mol. The number of nitrogens with two attached hydrogens (primary N) is 5. The van der Waals surface area contributed by atoms with E-state index >= 15 is 0 Å². The van der Waals surface area contributed by atoms with E-state index in [-0.39, 0.29) is 32.1 Å². The third-order valence-corrected chi connectivity index (χ3v) is 8.01. The van der Waals surface area contributed by atoms with E-state index < -0.39 is 126 Å². The van der Waals surface area contributed by atoms with Crippen LogP contribution in [0.15, 0.2) is 12.5 Å². The van der Waals surface area contributed by atoms with Crippen LogP contribution < -0.4 is 60.6 Å². The third-order valence-electron chi connectivity index (χ3n) is 8.01. The van der Waals surface area contributed by atoms with E-state index in [0.29, 0.717) is 5.69 Å². The van der Waals surface area contributed by atoms with Crippen LogP contribution in [0.2, 0.25) is 0 Å². The van der Waals surface area contributed by atoms with Gasteiger partial charge in [0.1, 0.15) is 36.3 Å². The summed E-state index contributed by atoms with van der Waals surface area (Å²) in [4.78, 5) is 143. The smallest absolute Gasteiger partial charge is 0.326 e. The molecule has 25 nitrogen and oxygen atoms in total. The summed E-state index contributed by atoms with van der Waals surface area (Å²) >= 11 is 0. The molecule has 0 bridgehead atoms. The van der Waals surface area contributed by atoms with Gasteiger partial charge < -0.3 is 70.7 Å². The highest BCUT2D eigenvalue weighted by Crippen LogP contribution is 2.08. The molecule has 0 aliphatic rings. The van der Waals surface area contributed by atoms with Gasteiger partial charge in [0.2, 0.25) is 59.1 Å². The van der Waals surface area contributed by atoms with Gasteiger partial charge in [-0.1, -0.05) is 13.8 Å². The number of carbonyl (C=O) groups is 11. The largest absolute Gasteiger partial charge is 0.480 e. The summed E-state index contributed by atoms with van der Waals surface area (Å²) in [6, 6.07) is -10.5. The molecule has 10 amide bonds. The first-order valence-electron chi connectivity index (χ1n) is 17.4. The van der Waals surface area contributed by atoms with Crippen molar-refractivity contribution in [2.45, 2.75) is 108 Å². The van der Waals surface area contributed by atoms with Gasteiger partial charge >= 0.3 is 5.97 Å². The van der Waals surface area contributed by atoms with Gasteiger partial charge in [0.15, 0.2) is 0 Å². The maximum absolute atomic E-state index is 13.4. The SMILES string of the molecule is CC(C)[C@H](NC(=O)[C@H](CCC(N)=O)NC(=O)[C@@H](N)CC(N)=O)C(=O)N[C@@H](C)C(=O)N[C@@H](CC(N)=O)C(=O)N[C@@H](Cc1cnc[nH]1)C(=O)N[C@@H](CCC(N)=O)C(=O)O. The zero-order chi connectivity index (χ0) is 43.6. The van der Waals surface area contributed by atoms with Crippen LogP contribution in [0.3, 0.4) is 0 Å². The fraction of sp³-hybridized carbons (Fsp3) is 0.562. The number of hydrogen-bond donors (Lipinski definition) is 13. The molecule has 316 valence electrons. The number of aromatic amines is 1. The van der Waals surface area contributed by atoms with Crippen molar-refractivity contribution in [3.05, 3.63) is 18.2 Å². The molecule has 0 saturated heterocycles. The van der Waals surface area contributed by atoms with Crippen molar-refractivity contribution < 1.29 is 57.8 Å². The number of rotatable bonds is 26. The van der Waals surface area contributed by atoms with Crippen LogP contribution in [0.1, 0.15) is 65.0 Å². The zero-order valence-electron chi connectivity index (χ0n) is 31.5. The highest BCUT2D eigenvalue weighted by Gasteiger charge is 2.34. The molecule has 0 saturated carbocycles. The number of amides is 10. The molecule has 25 heteroatoms. The van der Waals surface area contributed by atoms with Crippen LogP contribution in [-0.2, 0) is 59.2 Å². The third kappa shape index (κ3) is 18.0. The molecule has 7 atom stereocenters. The summed E-state index contributed by atoms with van der Waals surface area (Å²) in [5.41, 5.74) is 26.6. The van der Waals surface area contributed by atoms with E-state index in [2.05, 4.69) is 41.9 Å². The number of aromatic nitrogens is 2. The van der Waals surface area contributed by atoms with E-state index in [9.17, 15) is 57.8 Å². The van der Waals surface area contributed by atoms with Crippen LogP contribution in [0.5, 0.6) is 0 Å². The second kappa shape index (κ2) is 23.3. The minimum Gasteiger partial charge on any atom is -0.480 e. The average Bonchev–Trinajstić information content (AvgIpc) is 3.61. The van der Waals surface area contributed by atoms with Crippen molar-refractivity contribution in [2.75, 3.05) is 0 Å². The summed E-state index contributed by atoms with van der Waals surface area (Å²) in [6.07, 6.45) is -0.477. The van der Waals surface area contributed by atoms with Crippen LogP contribution in [0, 0.1) is 5.92 Å². The molecule has 0 aromatic carbocycles. The number of carbonyl (C=O) groups excluding carboxylic acids is 10. The minimum atomic E-state index is -1.73. The van der Waals surface area contributed by atoms with Crippen molar-refractivity contribution in [2.24, 2.45) is 34.6 Å². The van der Waals surface area contributed by atoms with E-state index in [0.717, 1.165) is 0 Å². The predicted octanol–water partition coefficient (Wildman–Crippen LogP) is -6.77. The molecule has 0 aliphatic heterocycles. The van der Waals surface area contributed by atoms with Crippen molar-refractivity contribution in [3.8, 4) is 0 Å². The standard InChI is InChI=1S/C32H51N13O12/c1-13(2)25(45-28(52)17(4-6-21(34)46)41-27(51)16(33)9-23(36)48)31(55)40-14(3)26(50)43-20(10-24(37)49)30(54)44-19(8-15-11-38-12-39-15)29(53)42-18(32(56)57)5-7-22(35)47/h11-14,16-20,25H,4-10,33H2,1-3H3,(H2,34,46)(H2,35,47)(H2,36,48)(H2,37,49)(H,38,39)(H,40,55)(H,41,51)(H,42,53)(H,43,50)(H,44,54)(H,45,52)(H,56,57)/t14-,16-,17-,18-,19-,20-,25-/m0/s1. The minimum absolute atomic E-state index is 0.279. The molecule has 1 rings (SSSR count). The molecule has 18 N–H and O–H groups in total. The summed E-state index contributed by atoms with van der Waals surface area (Å²) in [7, 11) is 0. The lowest BCUT2D eigenvalue weighted by Crippen LogP contribution is -2.60. The van der Waals surface area contributed by atoms with Crippen LogP contribution >= 0.6 is 0 Å². The molecule has 1 aromatic heterocycles. The Morgan fingerprint density at radius 2 is 1.11 bits per heavy atom. The van der Waals surface area contributed by atoms with E-state index in [1.54, 1.807) is 0 Å². The summed E-state index contributed by atoms with van der Waals surface area (Å²) in [5.74, 6) is -11.7. The topological polar surface area (TPSA) is 439 Å². The van der Waals surface area contributed by atoms with Crippen LogP contribution in [0.25, 0.3) is 0 Å². The number of carboxylic acids is 1. The molecule has 0 aliphatic carbocycles. The van der Waals surface area contributed by atoms with Crippen molar-refractivity contribution in [1.82, 2.24) is 41.9 Å². The maximum Gasteiger partial charge on any atom is 0.326 e. The first-order valence-corrected chi connectivity index (χ1v) is 17.4. The average molecular weight is 810 g/mol. The lowest BCUT2D eigenvalue weighted by Gasteiger charge is -2.27. The van der Waals surface area contributed by atoms with Gasteiger partial charge in [-0.2, -0.15) is 0 Å². The van der Waals surface area contributed by atoms with Crippen LogP contribution in [-0.4, -0.2) is 122 Å². The number of aliphatic carboxylic acids is 1. The Morgan fingerprint density at radius 3 is 1.60 bits per heavy atom. The number of carboxylic acid groups (broad SMARTS) is 1. The van der Waals surface area contributed by atoms with Crippen molar-refractivity contribution in [1.29, 1.82) is 0 Å². The van der Waals surface area contributed by atoms with Gasteiger partial charge in [-0.3, -0.25) is 47.9 Å². The van der Waals surface area contributed by atoms with Gasteiger partial charge in [0, 0.05) is 31.2 Å². The maximum atomic E-state index is 13.4. The Kier molecular flexibility index (Phi) is 19.8. The molecule has 1 heterocycles. The molecular formula is C32H51N13O12. The Hall–Kier alpha value is -6.66. The Morgan fingerprint density at radius 1 is 0.614 bits per heavy atom. The number of primary amides is 4. The van der Waals surface area contributed by atoms with E-state index in [4.69, 9.17) is 28.7 Å². The van der Waals surface area contributed by atoms with Gasteiger partial charge in [0.25, 0.3) is 0 Å². The van der Waals surface area contributed by atoms with Crippen molar-refractivity contribution >= 4 is 65.0 Å². The van der Waals surface area contributed by atoms with Gasteiger partial charge in [-0.15, -0.1) is 0 Å². The van der Waals surface area contributed by atoms with E-state index in [1.807, 2.05) is 0 Å². The highest BCUT2D eigenvalue weighted by atomic mass is 16.4. The second-order valence-corrected chi connectivity index (χ2v) is 13.3. The number of imidazole rings is 1. The number of nitrogens with zero attached hydrogens (tertiary/aromatic N) is 1. The van der Waals surface area contributed by atoms with Crippen molar-refractivity contribution in [3.63, 3.8) is 0 Å². The number of hydrogen-bond acceptors (Lipinski definition) is 13. The van der Waals surface area contributed by atoms with Gasteiger partial charge in [0.05, 0.1) is 25.2 Å². The zero-order valence-corrected chi connectivity index (χ0v) is 31.5. The fourth-order valence-corrected chi connectivity index (χ4v) is 4.92. The summed E-state index contributed by atoms with van der Waals surface area (Å²) in [5, 5.41) is 23.4. The molecule has 0 unspecified atom stereocenters. The summed E-state index contributed by atoms with van der Waals surface area (Å²) < 4.78 is 0. The quantitative estimate of drug-likeness (QED) is 0.0414. The number of H-pyrrole nitrogens is 1. The highest BCUT2D eigenvalue weighted by molar-refractivity contribution is 5.98. The molecular weight excluding hydrogens is 758 g/mol. The lowest BCUT2D eigenvalue weighted by molar-refractivity contribution is -0.142. The Balaban J connectivity index is 3.17. The normalized spacial score (nSPS) is 14.5. The molecule has 0 spiro atoms. The molecule has 1 aromatic rings. The fourth-order valence-electron chi connectivity index (χ4n) is 4.92. The monoisotopic (exact) mass is 809 g/mol. The first kappa shape index (κ1) is 48.4. The van der Waals surface area contributed by atoms with Crippen LogP contribution in [0.4, 0.5) is 0 Å². The molecule has 0 fully saturated rings. The molecule has 0 radical (unpaired) electrons. The first-order chi connectivity index (χ1) is 26.5. The number of nitrogens with one attached hydrogen (secondary N) is 7. The summed E-state index contributed by atoms with van der Waals surface area (Å²) in [6.45, 7) is 4.28. The lowest BCUT2D eigenvalue weighted by atomic mass is 10.0. The second-order valence-electron chi connectivity index (χ2n) is 13.3. The van der Waals surface area contributed by atoms with E-state index in [1.165, 1.54) is 33.3 Å². The molecule has 57 heavy (non-hydrogen) atoms.